The SMILES string of the molecule is [CH2]CC1CCC(OC)C(OC)C1OC. The minimum absolute atomic E-state index is 0.0468. The first kappa shape index (κ1) is 12.0. The van der Waals surface area contributed by atoms with Crippen molar-refractivity contribution in [1.82, 2.24) is 0 Å². The molecule has 83 valence electrons. The Bertz CT molecular complexity index is 143. The van der Waals surface area contributed by atoms with Crippen molar-refractivity contribution < 1.29 is 14.2 Å². The zero-order chi connectivity index (χ0) is 10.6. The van der Waals surface area contributed by atoms with Crippen LogP contribution in [0.15, 0.2) is 0 Å². The van der Waals surface area contributed by atoms with Gasteiger partial charge in [-0.05, 0) is 25.2 Å². The average Bonchev–Trinajstić information content (AvgIpc) is 2.26. The molecule has 0 aromatic rings. The zero-order valence-electron chi connectivity index (χ0n) is 9.36. The van der Waals surface area contributed by atoms with Gasteiger partial charge in [0.15, 0.2) is 0 Å². The van der Waals surface area contributed by atoms with Gasteiger partial charge in [-0.15, -0.1) is 0 Å². The normalized spacial score (nSPS) is 38.6. The van der Waals surface area contributed by atoms with Crippen LogP contribution in [0.4, 0.5) is 0 Å². The average molecular weight is 201 g/mol. The molecule has 1 rings (SSSR count). The van der Waals surface area contributed by atoms with Crippen LogP contribution in [0.25, 0.3) is 0 Å². The van der Waals surface area contributed by atoms with Gasteiger partial charge < -0.3 is 14.2 Å². The second kappa shape index (κ2) is 5.69. The van der Waals surface area contributed by atoms with E-state index in [1.165, 1.54) is 0 Å². The summed E-state index contributed by atoms with van der Waals surface area (Å²) in [7, 11) is 5.18. The molecule has 0 aromatic carbocycles. The van der Waals surface area contributed by atoms with E-state index in [0.717, 1.165) is 19.3 Å². The van der Waals surface area contributed by atoms with Crippen LogP contribution in [0.1, 0.15) is 19.3 Å². The van der Waals surface area contributed by atoms with Crippen LogP contribution in [-0.4, -0.2) is 39.6 Å². The first-order chi connectivity index (χ1) is 6.78. The summed E-state index contributed by atoms with van der Waals surface area (Å²) in [6.45, 7) is 3.95. The van der Waals surface area contributed by atoms with Crippen LogP contribution in [-0.2, 0) is 14.2 Å². The van der Waals surface area contributed by atoms with Crippen molar-refractivity contribution in [2.75, 3.05) is 21.3 Å². The van der Waals surface area contributed by atoms with Crippen molar-refractivity contribution in [3.05, 3.63) is 6.92 Å². The van der Waals surface area contributed by atoms with E-state index in [2.05, 4.69) is 6.92 Å². The van der Waals surface area contributed by atoms with E-state index < -0.39 is 0 Å². The molecule has 0 saturated heterocycles. The van der Waals surface area contributed by atoms with Gasteiger partial charge in [0.2, 0.25) is 0 Å². The van der Waals surface area contributed by atoms with Gasteiger partial charge in [0.1, 0.15) is 6.10 Å². The predicted molar refractivity (Wildman–Crippen MR) is 55.1 cm³/mol. The molecular formula is C11H21O3. The van der Waals surface area contributed by atoms with Gasteiger partial charge >= 0.3 is 0 Å². The smallest absolute Gasteiger partial charge is 0.110 e. The predicted octanol–water partition coefficient (Wildman–Crippen LogP) is 1.67. The molecule has 1 aliphatic carbocycles. The maximum Gasteiger partial charge on any atom is 0.110 e. The highest BCUT2D eigenvalue weighted by Gasteiger charge is 2.39. The van der Waals surface area contributed by atoms with Crippen molar-refractivity contribution in [2.24, 2.45) is 5.92 Å². The van der Waals surface area contributed by atoms with Gasteiger partial charge in [-0.2, -0.15) is 0 Å². The molecule has 14 heavy (non-hydrogen) atoms. The summed E-state index contributed by atoms with van der Waals surface area (Å²) in [5, 5.41) is 0. The number of methoxy groups -OCH3 is 3. The first-order valence-corrected chi connectivity index (χ1v) is 5.16. The third-order valence-electron chi connectivity index (χ3n) is 3.19. The molecule has 4 atom stereocenters. The fraction of sp³-hybridized carbons (Fsp3) is 0.909. The van der Waals surface area contributed by atoms with Crippen LogP contribution in [0, 0.1) is 12.8 Å². The zero-order valence-corrected chi connectivity index (χ0v) is 9.36. The maximum atomic E-state index is 5.49. The van der Waals surface area contributed by atoms with E-state index in [1.54, 1.807) is 21.3 Å². The Morgan fingerprint density at radius 2 is 1.64 bits per heavy atom. The highest BCUT2D eigenvalue weighted by molar-refractivity contribution is 4.90. The molecule has 0 heterocycles. The lowest BCUT2D eigenvalue weighted by atomic mass is 9.81. The Morgan fingerprint density at radius 1 is 1.00 bits per heavy atom. The van der Waals surface area contributed by atoms with Gasteiger partial charge in [0, 0.05) is 21.3 Å². The van der Waals surface area contributed by atoms with Gasteiger partial charge in [-0.25, -0.2) is 0 Å². The Morgan fingerprint density at radius 3 is 2.07 bits per heavy atom. The lowest BCUT2D eigenvalue weighted by molar-refractivity contribution is -0.148. The Hall–Kier alpha value is -0.120. The highest BCUT2D eigenvalue weighted by Crippen LogP contribution is 2.32. The fourth-order valence-electron chi connectivity index (χ4n) is 2.36. The van der Waals surface area contributed by atoms with E-state index in [1.807, 2.05) is 0 Å². The molecule has 3 nitrogen and oxygen atoms in total. The van der Waals surface area contributed by atoms with Crippen LogP contribution < -0.4 is 0 Å². The van der Waals surface area contributed by atoms with Gasteiger partial charge in [0.05, 0.1) is 12.2 Å². The number of ether oxygens (including phenoxy) is 3. The Kier molecular flexibility index (Phi) is 4.85. The summed E-state index contributed by atoms with van der Waals surface area (Å²) in [4.78, 5) is 0. The summed E-state index contributed by atoms with van der Waals surface area (Å²) in [6, 6.07) is 0. The topological polar surface area (TPSA) is 27.7 Å². The van der Waals surface area contributed by atoms with E-state index in [-0.39, 0.29) is 18.3 Å². The molecule has 0 aliphatic heterocycles. The second-order valence-electron chi connectivity index (χ2n) is 3.80. The summed E-state index contributed by atoms with van der Waals surface area (Å²) in [5.74, 6) is 0.497. The molecule has 1 fully saturated rings. The van der Waals surface area contributed by atoms with E-state index in [4.69, 9.17) is 14.2 Å². The van der Waals surface area contributed by atoms with E-state index in [0.29, 0.717) is 5.92 Å². The molecule has 0 spiro atoms. The number of hydrogen-bond donors (Lipinski definition) is 0. The molecule has 1 saturated carbocycles. The molecule has 0 bridgehead atoms. The van der Waals surface area contributed by atoms with Crippen molar-refractivity contribution in [1.29, 1.82) is 0 Å². The molecule has 3 heteroatoms. The monoisotopic (exact) mass is 201 g/mol. The van der Waals surface area contributed by atoms with Crippen molar-refractivity contribution >= 4 is 0 Å². The van der Waals surface area contributed by atoms with Gasteiger partial charge in [-0.3, -0.25) is 0 Å². The molecule has 0 amide bonds. The summed E-state index contributed by atoms with van der Waals surface area (Å²) >= 11 is 0. The number of rotatable bonds is 4. The molecule has 0 aromatic heterocycles. The summed E-state index contributed by atoms with van der Waals surface area (Å²) in [5.41, 5.74) is 0. The number of hydrogen-bond acceptors (Lipinski definition) is 3. The largest absolute Gasteiger partial charge is 0.379 e. The molecule has 1 radical (unpaired) electrons. The van der Waals surface area contributed by atoms with E-state index >= 15 is 0 Å². The summed E-state index contributed by atoms with van der Waals surface area (Å²) in [6.07, 6.45) is 3.37. The molecule has 0 N–H and O–H groups in total. The van der Waals surface area contributed by atoms with E-state index in [9.17, 15) is 0 Å². The quantitative estimate of drug-likeness (QED) is 0.692. The Labute approximate surface area is 86.7 Å². The lowest BCUT2D eigenvalue weighted by Gasteiger charge is -2.40. The molecular weight excluding hydrogens is 180 g/mol. The van der Waals surface area contributed by atoms with Crippen molar-refractivity contribution in [3.63, 3.8) is 0 Å². The minimum atomic E-state index is 0.0468. The molecule has 1 aliphatic rings. The van der Waals surface area contributed by atoms with Crippen molar-refractivity contribution in [3.8, 4) is 0 Å². The highest BCUT2D eigenvalue weighted by atomic mass is 16.6. The lowest BCUT2D eigenvalue weighted by Crippen LogP contribution is -2.49. The van der Waals surface area contributed by atoms with Crippen LogP contribution in [0.2, 0.25) is 0 Å². The van der Waals surface area contributed by atoms with Crippen LogP contribution >= 0.6 is 0 Å². The van der Waals surface area contributed by atoms with Crippen LogP contribution in [0.5, 0.6) is 0 Å². The minimum Gasteiger partial charge on any atom is -0.379 e. The second-order valence-corrected chi connectivity index (χ2v) is 3.80. The third kappa shape index (κ3) is 2.27. The maximum absolute atomic E-state index is 5.49. The Balaban J connectivity index is 2.67. The fourth-order valence-corrected chi connectivity index (χ4v) is 2.36. The molecule has 4 unspecified atom stereocenters. The van der Waals surface area contributed by atoms with Crippen LogP contribution in [0.3, 0.4) is 0 Å². The third-order valence-corrected chi connectivity index (χ3v) is 3.19. The van der Waals surface area contributed by atoms with Gasteiger partial charge in [-0.1, -0.05) is 6.92 Å². The van der Waals surface area contributed by atoms with Crippen molar-refractivity contribution in [2.45, 2.75) is 37.6 Å². The standard InChI is InChI=1S/C11H21O3/c1-5-8-6-7-9(12-2)11(14-4)10(8)13-3/h8-11H,1,5-7H2,2-4H3. The first-order valence-electron chi connectivity index (χ1n) is 5.16. The summed E-state index contributed by atoms with van der Waals surface area (Å²) < 4.78 is 16.3. The van der Waals surface area contributed by atoms with Gasteiger partial charge in [0.25, 0.3) is 0 Å².